The zero-order valence-corrected chi connectivity index (χ0v) is 42.8. The first-order valence-electron chi connectivity index (χ1n) is 26.3. The standard InChI is InChI=1S/C57H97NO8/c1-6-8-10-12-14-16-18-20-22-24-25-26-27-28-29-30-31-32-34-36-38-40-42-44-46-48-55(60)66-53(52-65-57(56(61)62)63-50-49-58(3,4)5)51-64-54(59)47-45-43-41-39-37-35-33-23-21-19-17-15-13-11-9-7-2/h8,10,14,16,20,22-23,25-26,28-29,31-33,53,57H,6-7,9,11-13,15,17-19,21,24,27,30,34-52H2,1-5H3/p+1/b10-8-,16-14-,22-20-,26-25-,29-28-,32-31-,33-23-. The van der Waals surface area contributed by atoms with Crippen molar-refractivity contribution in [1.82, 2.24) is 0 Å². The summed E-state index contributed by atoms with van der Waals surface area (Å²) in [7, 11) is 5.95. The minimum absolute atomic E-state index is 0.179. The molecular weight excluding hydrogens is 827 g/mol. The van der Waals surface area contributed by atoms with E-state index in [9.17, 15) is 19.5 Å². The molecule has 9 nitrogen and oxygen atoms in total. The van der Waals surface area contributed by atoms with Crippen LogP contribution in [-0.2, 0) is 33.3 Å². The van der Waals surface area contributed by atoms with Crippen LogP contribution in [0.3, 0.4) is 0 Å². The highest BCUT2D eigenvalue weighted by Gasteiger charge is 2.25. The molecule has 0 rings (SSSR count). The number of unbranched alkanes of at least 4 members (excludes halogenated alkanes) is 18. The summed E-state index contributed by atoms with van der Waals surface area (Å²) >= 11 is 0. The van der Waals surface area contributed by atoms with Gasteiger partial charge in [0.25, 0.3) is 6.29 Å². The van der Waals surface area contributed by atoms with E-state index in [-0.39, 0.29) is 38.6 Å². The van der Waals surface area contributed by atoms with Crippen molar-refractivity contribution >= 4 is 17.9 Å². The molecule has 0 fully saturated rings. The number of ether oxygens (including phenoxy) is 4. The van der Waals surface area contributed by atoms with Crippen LogP contribution in [0, 0.1) is 0 Å². The molecule has 0 radical (unpaired) electrons. The first kappa shape index (κ1) is 62.5. The van der Waals surface area contributed by atoms with E-state index in [1.807, 2.05) is 21.1 Å². The minimum atomic E-state index is -1.52. The number of allylic oxidation sites excluding steroid dienone is 14. The first-order valence-corrected chi connectivity index (χ1v) is 26.3. The van der Waals surface area contributed by atoms with Gasteiger partial charge in [-0.15, -0.1) is 0 Å². The predicted molar refractivity (Wildman–Crippen MR) is 276 cm³/mol. The van der Waals surface area contributed by atoms with E-state index in [1.54, 1.807) is 0 Å². The summed E-state index contributed by atoms with van der Waals surface area (Å²) in [4.78, 5) is 37.3. The normalized spacial score (nSPS) is 13.5. The molecule has 66 heavy (non-hydrogen) atoms. The third-order valence-corrected chi connectivity index (χ3v) is 10.9. The molecule has 0 aromatic rings. The molecule has 9 heteroatoms. The lowest BCUT2D eigenvalue weighted by Gasteiger charge is -2.25. The maximum absolute atomic E-state index is 12.8. The molecule has 0 saturated heterocycles. The van der Waals surface area contributed by atoms with Crippen LogP contribution >= 0.6 is 0 Å². The van der Waals surface area contributed by atoms with Crippen molar-refractivity contribution in [2.75, 3.05) is 47.5 Å². The van der Waals surface area contributed by atoms with Crippen LogP contribution in [-0.4, -0.2) is 87.4 Å². The molecule has 0 aromatic carbocycles. The first-order chi connectivity index (χ1) is 32.1. The third-order valence-electron chi connectivity index (χ3n) is 10.9. The second-order valence-electron chi connectivity index (χ2n) is 18.4. The Hall–Kier alpha value is -3.53. The number of rotatable bonds is 47. The largest absolute Gasteiger partial charge is 0.477 e. The lowest BCUT2D eigenvalue weighted by Crippen LogP contribution is -2.40. The summed E-state index contributed by atoms with van der Waals surface area (Å²) in [5.74, 6) is -2.04. The zero-order chi connectivity index (χ0) is 48.4. The van der Waals surface area contributed by atoms with Gasteiger partial charge in [-0.1, -0.05) is 182 Å². The van der Waals surface area contributed by atoms with Gasteiger partial charge >= 0.3 is 17.9 Å². The summed E-state index contributed by atoms with van der Waals surface area (Å²) in [5, 5.41) is 9.67. The zero-order valence-electron chi connectivity index (χ0n) is 42.8. The maximum Gasteiger partial charge on any atom is 0.361 e. The smallest absolute Gasteiger partial charge is 0.361 e. The number of carbonyl (C=O) groups is 3. The van der Waals surface area contributed by atoms with Crippen LogP contribution < -0.4 is 0 Å². The Labute approximate surface area is 404 Å². The quantitative estimate of drug-likeness (QED) is 0.0211. The Kier molecular flexibility index (Phi) is 45.4. The van der Waals surface area contributed by atoms with Crippen LogP contribution in [0.2, 0.25) is 0 Å². The number of carboxylic acids is 1. The van der Waals surface area contributed by atoms with Crippen LogP contribution in [0.15, 0.2) is 85.1 Å². The number of hydrogen-bond donors (Lipinski definition) is 1. The van der Waals surface area contributed by atoms with Crippen molar-refractivity contribution in [1.29, 1.82) is 0 Å². The lowest BCUT2D eigenvalue weighted by atomic mass is 10.1. The van der Waals surface area contributed by atoms with E-state index in [0.717, 1.165) is 116 Å². The highest BCUT2D eigenvalue weighted by molar-refractivity contribution is 5.71. The van der Waals surface area contributed by atoms with Crippen molar-refractivity contribution in [3.8, 4) is 0 Å². The third kappa shape index (κ3) is 48.4. The number of quaternary nitrogens is 1. The second-order valence-corrected chi connectivity index (χ2v) is 18.4. The second kappa shape index (κ2) is 47.9. The maximum atomic E-state index is 12.8. The van der Waals surface area contributed by atoms with Crippen LogP contribution in [0.25, 0.3) is 0 Å². The molecule has 0 heterocycles. The van der Waals surface area contributed by atoms with Crippen molar-refractivity contribution in [2.24, 2.45) is 0 Å². The van der Waals surface area contributed by atoms with Gasteiger partial charge in [0.1, 0.15) is 13.2 Å². The molecule has 0 saturated carbocycles. The van der Waals surface area contributed by atoms with Gasteiger partial charge in [0, 0.05) is 12.8 Å². The highest BCUT2D eigenvalue weighted by Crippen LogP contribution is 2.14. The average molecular weight is 925 g/mol. The van der Waals surface area contributed by atoms with Gasteiger partial charge in [-0.25, -0.2) is 4.79 Å². The monoisotopic (exact) mass is 925 g/mol. The minimum Gasteiger partial charge on any atom is -0.477 e. The molecule has 0 aliphatic heterocycles. The van der Waals surface area contributed by atoms with Crippen molar-refractivity contribution < 1.29 is 42.9 Å². The van der Waals surface area contributed by atoms with Gasteiger partial charge in [-0.3, -0.25) is 9.59 Å². The number of carbonyl (C=O) groups excluding carboxylic acids is 2. The molecule has 1 N–H and O–H groups in total. The van der Waals surface area contributed by atoms with Crippen LogP contribution in [0.1, 0.15) is 200 Å². The summed E-state index contributed by atoms with van der Waals surface area (Å²) in [6.45, 7) is 4.72. The number of aliphatic carboxylic acids is 1. The van der Waals surface area contributed by atoms with Crippen molar-refractivity contribution in [3.05, 3.63) is 85.1 Å². The molecule has 0 spiro atoms. The van der Waals surface area contributed by atoms with Gasteiger partial charge < -0.3 is 28.5 Å². The summed E-state index contributed by atoms with van der Waals surface area (Å²) in [6, 6.07) is 0. The van der Waals surface area contributed by atoms with Gasteiger partial charge in [0.2, 0.25) is 0 Å². The molecule has 378 valence electrons. The topological polar surface area (TPSA) is 108 Å². The molecule has 2 atom stereocenters. The van der Waals surface area contributed by atoms with Gasteiger partial charge in [0.15, 0.2) is 6.10 Å². The number of nitrogens with zero attached hydrogens (tertiary/aromatic N) is 1. The van der Waals surface area contributed by atoms with Gasteiger partial charge in [0.05, 0.1) is 34.4 Å². The highest BCUT2D eigenvalue weighted by atomic mass is 16.7. The van der Waals surface area contributed by atoms with Gasteiger partial charge in [-0.2, -0.15) is 0 Å². The summed E-state index contributed by atoms with van der Waals surface area (Å²) < 4.78 is 22.8. The Balaban J connectivity index is 4.38. The van der Waals surface area contributed by atoms with Crippen molar-refractivity contribution in [2.45, 2.75) is 212 Å². The molecule has 2 unspecified atom stereocenters. The number of carboxylic acid groups (broad SMARTS) is 1. The molecule has 0 aliphatic carbocycles. The fourth-order valence-electron chi connectivity index (χ4n) is 6.83. The molecule has 0 aromatic heterocycles. The Bertz CT molecular complexity index is 1350. The van der Waals surface area contributed by atoms with Gasteiger partial charge in [-0.05, 0) is 89.9 Å². The van der Waals surface area contributed by atoms with Crippen molar-refractivity contribution in [3.63, 3.8) is 0 Å². The Morgan fingerprint density at radius 2 is 0.864 bits per heavy atom. The number of esters is 2. The SMILES string of the molecule is CC/C=C\C/C=C\C/C=C\C/C=C\C/C=C\C/C=C\CCCCCCCCC(=O)OC(COC(=O)CCCCCCC/C=C\CCCCCCCCC)COC(OCC[N+](C)(C)C)C(=O)O. The molecule has 0 aliphatic rings. The molecular formula is C57H98NO8+. The summed E-state index contributed by atoms with van der Waals surface area (Å²) in [6.07, 6.45) is 59.3. The fourth-order valence-corrected chi connectivity index (χ4v) is 6.83. The molecule has 0 bridgehead atoms. The van der Waals surface area contributed by atoms with E-state index in [1.165, 1.54) is 51.4 Å². The molecule has 0 amide bonds. The number of likely N-dealkylation sites (N-methyl/N-ethyl adjacent to an activating group) is 1. The van der Waals surface area contributed by atoms with E-state index in [2.05, 4.69) is 98.9 Å². The predicted octanol–water partition coefficient (Wildman–Crippen LogP) is 14.8. The van der Waals surface area contributed by atoms with Crippen LogP contribution in [0.5, 0.6) is 0 Å². The number of hydrogen-bond acceptors (Lipinski definition) is 7. The Morgan fingerprint density at radius 1 is 0.470 bits per heavy atom. The van der Waals surface area contributed by atoms with E-state index in [4.69, 9.17) is 18.9 Å². The van der Waals surface area contributed by atoms with E-state index in [0.29, 0.717) is 17.4 Å². The van der Waals surface area contributed by atoms with E-state index < -0.39 is 24.3 Å². The van der Waals surface area contributed by atoms with Crippen LogP contribution in [0.4, 0.5) is 0 Å². The average Bonchev–Trinajstić information content (AvgIpc) is 3.28. The Morgan fingerprint density at radius 3 is 1.30 bits per heavy atom. The lowest BCUT2D eigenvalue weighted by molar-refractivity contribution is -0.870. The fraction of sp³-hybridized carbons (Fsp3) is 0.702. The summed E-state index contributed by atoms with van der Waals surface area (Å²) in [5.41, 5.74) is 0. The van der Waals surface area contributed by atoms with E-state index >= 15 is 0 Å².